The van der Waals surface area contributed by atoms with E-state index in [4.69, 9.17) is 9.47 Å². The van der Waals surface area contributed by atoms with Crippen LogP contribution in [-0.4, -0.2) is 44.0 Å². The highest BCUT2D eigenvalue weighted by atomic mass is 16.5. The average Bonchev–Trinajstić information content (AvgIpc) is 3.56. The molecule has 0 spiro atoms. The van der Waals surface area contributed by atoms with E-state index in [1.54, 1.807) is 51.6 Å². The number of nitrogens with zero attached hydrogens (tertiary/aromatic N) is 1. The van der Waals surface area contributed by atoms with Crippen molar-refractivity contribution in [1.29, 1.82) is 0 Å². The summed E-state index contributed by atoms with van der Waals surface area (Å²) in [5.74, 6) is 0.974. The van der Waals surface area contributed by atoms with Gasteiger partial charge in [-0.3, -0.25) is 9.59 Å². The molecule has 1 N–H and O–H groups in total. The maximum absolute atomic E-state index is 13.1. The number of nitrogens with one attached hydrogen (secondary N) is 1. The number of carbonyl (C=O) groups is 2. The van der Waals surface area contributed by atoms with Crippen molar-refractivity contribution in [3.05, 3.63) is 59.2 Å². The first-order chi connectivity index (χ1) is 13.1. The van der Waals surface area contributed by atoms with Crippen LogP contribution in [0.1, 0.15) is 39.1 Å². The molecule has 142 valence electrons. The first kappa shape index (κ1) is 18.8. The minimum absolute atomic E-state index is 0.0335. The summed E-state index contributed by atoms with van der Waals surface area (Å²) in [5.41, 5.74) is 2.16. The third kappa shape index (κ3) is 4.22. The number of hydrogen-bond donors (Lipinski definition) is 1. The zero-order chi connectivity index (χ0) is 19.4. The Bertz CT molecular complexity index is 829. The first-order valence-electron chi connectivity index (χ1n) is 8.91. The highest BCUT2D eigenvalue weighted by Gasteiger charge is 2.33. The van der Waals surface area contributed by atoms with E-state index in [0.717, 1.165) is 18.4 Å². The summed E-state index contributed by atoms with van der Waals surface area (Å²) in [6.45, 7) is 0.506. The smallest absolute Gasteiger partial charge is 0.254 e. The number of hydrogen-bond acceptors (Lipinski definition) is 4. The molecule has 6 heteroatoms. The van der Waals surface area contributed by atoms with Gasteiger partial charge >= 0.3 is 0 Å². The summed E-state index contributed by atoms with van der Waals surface area (Å²) >= 11 is 0. The van der Waals surface area contributed by atoms with Crippen molar-refractivity contribution in [3.63, 3.8) is 0 Å². The van der Waals surface area contributed by atoms with Crippen LogP contribution in [0, 0.1) is 0 Å². The molecule has 0 bridgehead atoms. The minimum Gasteiger partial charge on any atom is -0.493 e. The predicted octanol–water partition coefficient (Wildman–Crippen LogP) is 2.87. The summed E-state index contributed by atoms with van der Waals surface area (Å²) < 4.78 is 10.6. The van der Waals surface area contributed by atoms with E-state index in [2.05, 4.69) is 5.32 Å². The van der Waals surface area contributed by atoms with Gasteiger partial charge < -0.3 is 19.7 Å². The van der Waals surface area contributed by atoms with Crippen LogP contribution in [-0.2, 0) is 6.54 Å². The Kier molecular flexibility index (Phi) is 5.64. The van der Waals surface area contributed by atoms with Crippen LogP contribution < -0.4 is 14.8 Å². The lowest BCUT2D eigenvalue weighted by molar-refractivity contribution is 0.0729. The van der Waals surface area contributed by atoms with Gasteiger partial charge in [-0.1, -0.05) is 12.1 Å². The van der Waals surface area contributed by atoms with Crippen LogP contribution in [0.5, 0.6) is 11.5 Å². The van der Waals surface area contributed by atoms with Gasteiger partial charge in [0.1, 0.15) is 0 Å². The Morgan fingerprint density at radius 3 is 2.19 bits per heavy atom. The van der Waals surface area contributed by atoms with Gasteiger partial charge in [-0.2, -0.15) is 0 Å². The quantitative estimate of drug-likeness (QED) is 0.816. The van der Waals surface area contributed by atoms with Crippen LogP contribution in [0.15, 0.2) is 42.5 Å². The molecule has 27 heavy (non-hydrogen) atoms. The molecule has 0 atom stereocenters. The van der Waals surface area contributed by atoms with Gasteiger partial charge in [-0.25, -0.2) is 0 Å². The molecule has 0 heterocycles. The lowest BCUT2D eigenvalue weighted by Gasteiger charge is -2.23. The fourth-order valence-corrected chi connectivity index (χ4v) is 2.99. The van der Waals surface area contributed by atoms with Crippen molar-refractivity contribution in [2.24, 2.45) is 0 Å². The summed E-state index contributed by atoms with van der Waals surface area (Å²) in [5, 5.41) is 2.60. The van der Waals surface area contributed by atoms with Crippen molar-refractivity contribution in [1.82, 2.24) is 10.2 Å². The Morgan fingerprint density at radius 1 is 1.00 bits per heavy atom. The summed E-state index contributed by atoms with van der Waals surface area (Å²) in [7, 11) is 4.73. The average molecular weight is 368 g/mol. The molecule has 0 radical (unpaired) electrons. The van der Waals surface area contributed by atoms with Crippen LogP contribution in [0.25, 0.3) is 0 Å². The molecule has 0 unspecified atom stereocenters. The number of benzene rings is 2. The van der Waals surface area contributed by atoms with Gasteiger partial charge in [-0.05, 0) is 48.7 Å². The predicted molar refractivity (Wildman–Crippen MR) is 102 cm³/mol. The maximum atomic E-state index is 13.1. The normalized spacial score (nSPS) is 13.0. The Labute approximate surface area is 159 Å². The van der Waals surface area contributed by atoms with Crippen LogP contribution in [0.3, 0.4) is 0 Å². The molecule has 1 aliphatic rings. The second kappa shape index (κ2) is 8.12. The van der Waals surface area contributed by atoms with E-state index in [0.29, 0.717) is 29.2 Å². The van der Waals surface area contributed by atoms with E-state index in [1.165, 1.54) is 0 Å². The Hall–Kier alpha value is -3.02. The zero-order valence-electron chi connectivity index (χ0n) is 15.8. The molecule has 2 aromatic carbocycles. The molecule has 2 amide bonds. The van der Waals surface area contributed by atoms with Gasteiger partial charge in [0.05, 0.1) is 14.2 Å². The van der Waals surface area contributed by atoms with E-state index < -0.39 is 0 Å². The van der Waals surface area contributed by atoms with Gasteiger partial charge in [0.15, 0.2) is 11.5 Å². The van der Waals surface area contributed by atoms with Crippen molar-refractivity contribution >= 4 is 11.8 Å². The molecule has 6 nitrogen and oxygen atoms in total. The fraction of sp³-hybridized carbons (Fsp3) is 0.333. The first-order valence-corrected chi connectivity index (χ1v) is 8.91. The number of rotatable bonds is 7. The van der Waals surface area contributed by atoms with Gasteiger partial charge in [-0.15, -0.1) is 0 Å². The molecular formula is C21H24N2O4. The highest BCUT2D eigenvalue weighted by Crippen LogP contribution is 2.32. The minimum atomic E-state index is -0.123. The topological polar surface area (TPSA) is 67.9 Å². The van der Waals surface area contributed by atoms with Crippen molar-refractivity contribution < 1.29 is 19.1 Å². The number of ether oxygens (including phenoxy) is 2. The SMILES string of the molecule is CNC(=O)c1ccc(CN(C(=O)c2ccc(OC)c(OC)c2)C2CC2)cc1. The number of amides is 2. The largest absolute Gasteiger partial charge is 0.493 e. The second-order valence-corrected chi connectivity index (χ2v) is 6.51. The fourth-order valence-electron chi connectivity index (χ4n) is 2.99. The van der Waals surface area contributed by atoms with Crippen molar-refractivity contribution in [2.45, 2.75) is 25.4 Å². The van der Waals surface area contributed by atoms with Crippen LogP contribution >= 0.6 is 0 Å². The second-order valence-electron chi connectivity index (χ2n) is 6.51. The monoisotopic (exact) mass is 368 g/mol. The van der Waals surface area contributed by atoms with Crippen molar-refractivity contribution in [2.75, 3.05) is 21.3 Å². The molecule has 0 aromatic heterocycles. The summed E-state index contributed by atoms with van der Waals surface area (Å²) in [6.07, 6.45) is 2.02. The molecule has 3 rings (SSSR count). The molecule has 1 fully saturated rings. The zero-order valence-corrected chi connectivity index (χ0v) is 15.8. The third-order valence-corrected chi connectivity index (χ3v) is 4.68. The Morgan fingerprint density at radius 2 is 1.63 bits per heavy atom. The highest BCUT2D eigenvalue weighted by molar-refractivity contribution is 5.95. The summed E-state index contributed by atoms with van der Waals surface area (Å²) in [4.78, 5) is 26.6. The number of methoxy groups -OCH3 is 2. The van der Waals surface area contributed by atoms with Gasteiger partial charge in [0, 0.05) is 30.8 Å². The van der Waals surface area contributed by atoms with E-state index in [9.17, 15) is 9.59 Å². The lowest BCUT2D eigenvalue weighted by Crippen LogP contribution is -2.32. The molecule has 0 saturated heterocycles. The van der Waals surface area contributed by atoms with Gasteiger partial charge in [0.2, 0.25) is 0 Å². The lowest BCUT2D eigenvalue weighted by atomic mass is 10.1. The number of carbonyl (C=O) groups excluding carboxylic acids is 2. The molecule has 2 aromatic rings. The maximum Gasteiger partial charge on any atom is 0.254 e. The van der Waals surface area contributed by atoms with Crippen LogP contribution in [0.4, 0.5) is 0 Å². The molecular weight excluding hydrogens is 344 g/mol. The third-order valence-electron chi connectivity index (χ3n) is 4.68. The van der Waals surface area contributed by atoms with Crippen molar-refractivity contribution in [3.8, 4) is 11.5 Å². The van der Waals surface area contributed by atoms with E-state index in [-0.39, 0.29) is 17.9 Å². The van der Waals surface area contributed by atoms with Gasteiger partial charge in [0.25, 0.3) is 11.8 Å². The molecule has 0 aliphatic heterocycles. The molecule has 1 saturated carbocycles. The summed E-state index contributed by atoms with van der Waals surface area (Å²) in [6, 6.07) is 12.8. The van der Waals surface area contributed by atoms with Crippen LogP contribution in [0.2, 0.25) is 0 Å². The Balaban J connectivity index is 1.79. The van der Waals surface area contributed by atoms with E-state index >= 15 is 0 Å². The molecule has 1 aliphatic carbocycles. The van der Waals surface area contributed by atoms with E-state index in [1.807, 2.05) is 17.0 Å². The standard InChI is InChI=1S/C21H24N2O4/c1-22-20(24)15-6-4-14(5-7-15)13-23(17-9-10-17)21(25)16-8-11-18(26-2)19(12-16)27-3/h4-8,11-12,17H,9-10,13H2,1-3H3,(H,22,24).